The van der Waals surface area contributed by atoms with Crippen LogP contribution in [0, 0.1) is 0 Å². The molecule has 1 rings (SSSR count). The lowest BCUT2D eigenvalue weighted by Gasteiger charge is -2.17. The van der Waals surface area contributed by atoms with Gasteiger partial charge < -0.3 is 15.4 Å². The molecule has 1 unspecified atom stereocenters. The number of alkyl halides is 3. The van der Waals surface area contributed by atoms with E-state index in [4.69, 9.17) is 4.74 Å². The normalized spacial score (nSPS) is 13.0. The third-order valence-corrected chi connectivity index (χ3v) is 3.06. The van der Waals surface area contributed by atoms with Gasteiger partial charge in [-0.2, -0.15) is 13.2 Å². The number of guanidine groups is 1. The summed E-state index contributed by atoms with van der Waals surface area (Å²) in [5.41, 5.74) is -0.767. The second kappa shape index (κ2) is 10.6. The molecular formula is C15H23F3IN3O. The Morgan fingerprint density at radius 2 is 1.96 bits per heavy atom. The van der Waals surface area contributed by atoms with E-state index in [0.717, 1.165) is 12.5 Å². The predicted molar refractivity (Wildman–Crippen MR) is 96.6 cm³/mol. The van der Waals surface area contributed by atoms with Crippen LogP contribution in [-0.2, 0) is 6.18 Å². The molecule has 0 radical (unpaired) electrons. The molecule has 0 aliphatic heterocycles. The number of para-hydroxylation sites is 1. The minimum absolute atomic E-state index is 0. The molecule has 0 fully saturated rings. The third-order valence-electron chi connectivity index (χ3n) is 3.06. The smallest absolute Gasteiger partial charge is 0.419 e. The maximum absolute atomic E-state index is 12.8. The highest BCUT2D eigenvalue weighted by Crippen LogP contribution is 2.35. The maximum atomic E-state index is 12.8. The Morgan fingerprint density at radius 3 is 2.52 bits per heavy atom. The number of ether oxygens (including phenoxy) is 1. The van der Waals surface area contributed by atoms with Gasteiger partial charge in [0, 0.05) is 13.1 Å². The number of aliphatic imine (C=N–C) groups is 1. The molecule has 0 heterocycles. The third kappa shape index (κ3) is 7.76. The first-order valence-corrected chi connectivity index (χ1v) is 7.14. The van der Waals surface area contributed by atoms with Gasteiger partial charge in [-0.3, -0.25) is 4.99 Å². The van der Waals surface area contributed by atoms with Crippen LogP contribution in [0.5, 0.6) is 5.75 Å². The highest BCUT2D eigenvalue weighted by molar-refractivity contribution is 14.0. The van der Waals surface area contributed by atoms with Crippen LogP contribution in [0.2, 0.25) is 0 Å². The van der Waals surface area contributed by atoms with Crippen LogP contribution in [0.3, 0.4) is 0 Å². The lowest BCUT2D eigenvalue weighted by Crippen LogP contribution is -2.43. The van der Waals surface area contributed by atoms with Crippen molar-refractivity contribution in [1.82, 2.24) is 10.6 Å². The van der Waals surface area contributed by atoms with E-state index in [1.807, 2.05) is 13.8 Å². The summed E-state index contributed by atoms with van der Waals surface area (Å²) in [5, 5.41) is 6.15. The van der Waals surface area contributed by atoms with Gasteiger partial charge in [-0.15, -0.1) is 24.0 Å². The Labute approximate surface area is 151 Å². The highest BCUT2D eigenvalue weighted by Gasteiger charge is 2.33. The molecule has 0 saturated carbocycles. The fourth-order valence-corrected chi connectivity index (χ4v) is 1.69. The van der Waals surface area contributed by atoms with Gasteiger partial charge in [-0.25, -0.2) is 0 Å². The summed E-state index contributed by atoms with van der Waals surface area (Å²) in [6.45, 7) is 4.52. The van der Waals surface area contributed by atoms with Crippen LogP contribution in [0.25, 0.3) is 0 Å². The first-order chi connectivity index (χ1) is 10.4. The van der Waals surface area contributed by atoms with Crippen LogP contribution in [0.15, 0.2) is 29.3 Å². The SMILES string of the molecule is CCC(C)NC(=NC)NCCOc1ccccc1C(F)(F)F.I. The molecule has 4 nitrogen and oxygen atoms in total. The molecule has 23 heavy (non-hydrogen) atoms. The summed E-state index contributed by atoms with van der Waals surface area (Å²) in [5.74, 6) is 0.434. The molecule has 1 atom stereocenters. The average molecular weight is 445 g/mol. The van der Waals surface area contributed by atoms with Crippen molar-refractivity contribution in [3.05, 3.63) is 29.8 Å². The average Bonchev–Trinajstić information content (AvgIpc) is 2.49. The number of hydrogen-bond acceptors (Lipinski definition) is 2. The van der Waals surface area contributed by atoms with Gasteiger partial charge in [0.1, 0.15) is 12.4 Å². The summed E-state index contributed by atoms with van der Waals surface area (Å²) >= 11 is 0. The van der Waals surface area contributed by atoms with Crippen molar-refractivity contribution >= 4 is 29.9 Å². The van der Waals surface area contributed by atoms with Crippen molar-refractivity contribution in [2.45, 2.75) is 32.5 Å². The fourth-order valence-electron chi connectivity index (χ4n) is 1.69. The molecular weight excluding hydrogens is 422 g/mol. The second-order valence-electron chi connectivity index (χ2n) is 4.80. The van der Waals surface area contributed by atoms with Gasteiger partial charge in [-0.05, 0) is 25.5 Å². The molecule has 0 bridgehead atoms. The lowest BCUT2D eigenvalue weighted by molar-refractivity contribution is -0.138. The van der Waals surface area contributed by atoms with Crippen molar-refractivity contribution in [1.29, 1.82) is 0 Å². The van der Waals surface area contributed by atoms with E-state index in [2.05, 4.69) is 15.6 Å². The number of rotatable bonds is 6. The van der Waals surface area contributed by atoms with Crippen molar-refractivity contribution in [2.75, 3.05) is 20.2 Å². The Balaban J connectivity index is 0.00000484. The van der Waals surface area contributed by atoms with Gasteiger partial charge in [0.25, 0.3) is 0 Å². The summed E-state index contributed by atoms with van der Waals surface area (Å²) in [7, 11) is 1.64. The van der Waals surface area contributed by atoms with Crippen LogP contribution in [0.1, 0.15) is 25.8 Å². The Bertz CT molecular complexity index is 495. The molecule has 0 amide bonds. The number of hydrogen-bond donors (Lipinski definition) is 2. The predicted octanol–water partition coefficient (Wildman–Crippen LogP) is 3.67. The summed E-state index contributed by atoms with van der Waals surface area (Å²) in [6.07, 6.45) is -3.48. The molecule has 132 valence electrons. The minimum atomic E-state index is -4.42. The van der Waals surface area contributed by atoms with Gasteiger partial charge in [0.2, 0.25) is 0 Å². The molecule has 1 aromatic rings. The zero-order chi connectivity index (χ0) is 16.6. The quantitative estimate of drug-likeness (QED) is 0.304. The molecule has 0 aliphatic rings. The first kappa shape index (κ1) is 21.8. The number of nitrogens with zero attached hydrogens (tertiary/aromatic N) is 1. The summed E-state index contributed by atoms with van der Waals surface area (Å²) in [4.78, 5) is 4.04. The maximum Gasteiger partial charge on any atom is 0.419 e. The summed E-state index contributed by atoms with van der Waals surface area (Å²) < 4.78 is 43.6. The second-order valence-corrected chi connectivity index (χ2v) is 4.80. The topological polar surface area (TPSA) is 45.7 Å². The van der Waals surface area contributed by atoms with Crippen LogP contribution < -0.4 is 15.4 Å². The minimum Gasteiger partial charge on any atom is -0.491 e. The van der Waals surface area contributed by atoms with Crippen molar-refractivity contribution in [3.8, 4) is 5.75 Å². The standard InChI is InChI=1S/C15H22F3N3O.HI/c1-4-11(2)21-14(19-3)20-9-10-22-13-8-6-5-7-12(13)15(16,17)18;/h5-8,11H,4,9-10H2,1-3H3,(H2,19,20,21);1H. The van der Waals surface area contributed by atoms with Crippen LogP contribution in [0.4, 0.5) is 13.2 Å². The van der Waals surface area contributed by atoms with E-state index in [0.29, 0.717) is 12.5 Å². The zero-order valence-corrected chi connectivity index (χ0v) is 15.7. The lowest BCUT2D eigenvalue weighted by atomic mass is 10.2. The van der Waals surface area contributed by atoms with E-state index in [1.165, 1.54) is 18.2 Å². The van der Waals surface area contributed by atoms with E-state index < -0.39 is 11.7 Å². The van der Waals surface area contributed by atoms with Gasteiger partial charge >= 0.3 is 6.18 Å². The van der Waals surface area contributed by atoms with E-state index >= 15 is 0 Å². The molecule has 8 heteroatoms. The van der Waals surface area contributed by atoms with E-state index in [-0.39, 0.29) is 42.4 Å². The monoisotopic (exact) mass is 445 g/mol. The van der Waals surface area contributed by atoms with Crippen molar-refractivity contribution < 1.29 is 17.9 Å². The zero-order valence-electron chi connectivity index (χ0n) is 13.4. The summed E-state index contributed by atoms with van der Waals surface area (Å²) in [6, 6.07) is 5.44. The molecule has 0 spiro atoms. The Hall–Kier alpha value is -1.19. The molecule has 1 aromatic carbocycles. The molecule has 2 N–H and O–H groups in total. The van der Waals surface area contributed by atoms with E-state index in [9.17, 15) is 13.2 Å². The van der Waals surface area contributed by atoms with Gasteiger partial charge in [-0.1, -0.05) is 19.1 Å². The number of halogens is 4. The van der Waals surface area contributed by atoms with Crippen molar-refractivity contribution in [2.24, 2.45) is 4.99 Å². The van der Waals surface area contributed by atoms with Crippen molar-refractivity contribution in [3.63, 3.8) is 0 Å². The number of nitrogens with one attached hydrogen (secondary N) is 2. The van der Waals surface area contributed by atoms with Gasteiger partial charge in [0.05, 0.1) is 12.1 Å². The number of benzene rings is 1. The highest BCUT2D eigenvalue weighted by atomic mass is 127. The fraction of sp³-hybridized carbons (Fsp3) is 0.533. The largest absolute Gasteiger partial charge is 0.491 e. The Morgan fingerprint density at radius 1 is 1.30 bits per heavy atom. The van der Waals surface area contributed by atoms with Crippen LogP contribution in [-0.4, -0.2) is 32.2 Å². The van der Waals surface area contributed by atoms with Crippen LogP contribution >= 0.6 is 24.0 Å². The molecule has 0 aliphatic carbocycles. The molecule has 0 aromatic heterocycles. The van der Waals surface area contributed by atoms with E-state index in [1.54, 1.807) is 7.05 Å². The first-order valence-electron chi connectivity index (χ1n) is 7.14. The van der Waals surface area contributed by atoms with Gasteiger partial charge in [0.15, 0.2) is 5.96 Å². The Kier molecular flexibility index (Phi) is 10.0. The molecule has 0 saturated heterocycles.